The summed E-state index contributed by atoms with van der Waals surface area (Å²) in [5.41, 5.74) is 2.25. The number of aromatic nitrogens is 3. The molecule has 3 aromatic rings. The molecule has 0 spiro atoms. The molecule has 0 saturated carbocycles. The van der Waals surface area contributed by atoms with Gasteiger partial charge >= 0.3 is 0 Å². The first-order chi connectivity index (χ1) is 15.4. The number of ether oxygens (including phenoxy) is 1. The fourth-order valence-corrected chi connectivity index (χ4v) is 3.90. The minimum Gasteiger partial charge on any atom is -0.497 e. The third kappa shape index (κ3) is 6.24. The molecule has 0 saturated heterocycles. The summed E-state index contributed by atoms with van der Waals surface area (Å²) in [6.07, 6.45) is 0.0709. The highest BCUT2D eigenvalue weighted by atomic mass is 35.5. The Hall–Kier alpha value is -3.04. The fraction of sp³-hybridized carbons (Fsp3) is 0.273. The van der Waals surface area contributed by atoms with Crippen molar-refractivity contribution in [1.29, 1.82) is 0 Å². The monoisotopic (exact) mass is 473 g/mol. The molecule has 10 heteroatoms. The minimum absolute atomic E-state index is 0.0709. The Morgan fingerprint density at radius 2 is 1.75 bits per heavy atom. The highest BCUT2D eigenvalue weighted by Gasteiger charge is 2.16. The van der Waals surface area contributed by atoms with E-state index in [4.69, 9.17) is 16.3 Å². The molecule has 1 aromatic heterocycles. The van der Waals surface area contributed by atoms with Crippen molar-refractivity contribution in [2.75, 3.05) is 23.5 Å². The second-order valence-corrected chi connectivity index (χ2v) is 8.25. The molecule has 0 fully saturated rings. The zero-order valence-corrected chi connectivity index (χ0v) is 19.6. The summed E-state index contributed by atoms with van der Waals surface area (Å²) < 4.78 is 6.94. The summed E-state index contributed by atoms with van der Waals surface area (Å²) in [5.74, 6) is 1.01. The van der Waals surface area contributed by atoms with Gasteiger partial charge in [-0.2, -0.15) is 0 Å². The Bertz CT molecular complexity index is 1100. The van der Waals surface area contributed by atoms with E-state index < -0.39 is 0 Å². The molecule has 0 aliphatic carbocycles. The number of hydrogen-bond acceptors (Lipinski definition) is 6. The van der Waals surface area contributed by atoms with E-state index in [0.29, 0.717) is 39.7 Å². The Morgan fingerprint density at radius 1 is 1.06 bits per heavy atom. The Balaban J connectivity index is 1.56. The van der Waals surface area contributed by atoms with Gasteiger partial charge in [-0.15, -0.1) is 10.2 Å². The standard InChI is InChI=1S/C22H24ClN5O3S/c1-4-28-19(12-20(29)24-15-7-9-17(31-3)10-8-15)26-27-22(28)32-13-21(30)25-16-6-5-14(2)18(23)11-16/h5-11H,4,12-13H2,1-3H3,(H,24,29)(H,25,30). The Morgan fingerprint density at radius 3 is 2.41 bits per heavy atom. The van der Waals surface area contributed by atoms with Gasteiger partial charge in [-0.1, -0.05) is 29.4 Å². The van der Waals surface area contributed by atoms with Crippen molar-refractivity contribution in [2.24, 2.45) is 0 Å². The zero-order chi connectivity index (χ0) is 23.1. The zero-order valence-electron chi connectivity index (χ0n) is 18.0. The fourth-order valence-electron chi connectivity index (χ4n) is 2.90. The van der Waals surface area contributed by atoms with E-state index in [1.165, 1.54) is 11.8 Å². The van der Waals surface area contributed by atoms with E-state index >= 15 is 0 Å². The van der Waals surface area contributed by atoms with E-state index in [1.54, 1.807) is 43.5 Å². The smallest absolute Gasteiger partial charge is 0.234 e. The molecule has 2 aromatic carbocycles. The third-order valence-corrected chi connectivity index (χ3v) is 5.96. The van der Waals surface area contributed by atoms with Gasteiger partial charge in [0, 0.05) is 22.9 Å². The lowest BCUT2D eigenvalue weighted by Gasteiger charge is -2.09. The van der Waals surface area contributed by atoms with E-state index in [-0.39, 0.29) is 24.0 Å². The lowest BCUT2D eigenvalue weighted by molar-refractivity contribution is -0.116. The first kappa shape index (κ1) is 23.6. The molecular weight excluding hydrogens is 450 g/mol. The number of thioether (sulfide) groups is 1. The molecule has 0 bridgehead atoms. The average molecular weight is 474 g/mol. The molecule has 2 amide bonds. The highest BCUT2D eigenvalue weighted by molar-refractivity contribution is 7.99. The van der Waals surface area contributed by atoms with Gasteiger partial charge in [-0.25, -0.2) is 0 Å². The molecule has 0 aliphatic rings. The first-order valence-electron chi connectivity index (χ1n) is 9.94. The second-order valence-electron chi connectivity index (χ2n) is 6.90. The van der Waals surface area contributed by atoms with Crippen LogP contribution >= 0.6 is 23.4 Å². The number of halogens is 1. The van der Waals surface area contributed by atoms with Crippen LogP contribution in [0.4, 0.5) is 11.4 Å². The van der Waals surface area contributed by atoms with Crippen molar-refractivity contribution in [3.05, 3.63) is 58.9 Å². The number of carbonyl (C=O) groups excluding carboxylic acids is 2. The largest absolute Gasteiger partial charge is 0.497 e. The molecule has 0 unspecified atom stereocenters. The maximum atomic E-state index is 12.4. The summed E-state index contributed by atoms with van der Waals surface area (Å²) in [6.45, 7) is 4.42. The van der Waals surface area contributed by atoms with Gasteiger partial charge in [0.15, 0.2) is 5.16 Å². The molecule has 0 aliphatic heterocycles. The van der Waals surface area contributed by atoms with E-state index in [2.05, 4.69) is 20.8 Å². The van der Waals surface area contributed by atoms with Crippen LogP contribution in [0, 0.1) is 6.92 Å². The number of nitrogens with one attached hydrogen (secondary N) is 2. The van der Waals surface area contributed by atoms with Crippen molar-refractivity contribution in [3.8, 4) is 5.75 Å². The Kier molecular flexibility index (Phi) is 8.13. The van der Waals surface area contributed by atoms with Crippen LogP contribution in [0.2, 0.25) is 5.02 Å². The lowest BCUT2D eigenvalue weighted by Crippen LogP contribution is -2.18. The number of methoxy groups -OCH3 is 1. The average Bonchev–Trinajstić information content (AvgIpc) is 3.16. The number of carbonyl (C=O) groups is 2. The summed E-state index contributed by atoms with van der Waals surface area (Å²) >= 11 is 7.36. The van der Waals surface area contributed by atoms with Gasteiger partial charge in [-0.05, 0) is 55.8 Å². The maximum absolute atomic E-state index is 12.4. The van der Waals surface area contributed by atoms with Crippen LogP contribution in [0.1, 0.15) is 18.3 Å². The molecule has 168 valence electrons. The van der Waals surface area contributed by atoms with Crippen LogP contribution in [0.25, 0.3) is 0 Å². The first-order valence-corrected chi connectivity index (χ1v) is 11.3. The van der Waals surface area contributed by atoms with Gasteiger partial charge in [0.1, 0.15) is 11.6 Å². The SMILES string of the molecule is CCn1c(CC(=O)Nc2ccc(OC)cc2)nnc1SCC(=O)Nc1ccc(C)c(Cl)c1. The van der Waals surface area contributed by atoms with Crippen molar-refractivity contribution in [3.63, 3.8) is 0 Å². The van der Waals surface area contributed by atoms with Crippen molar-refractivity contribution >= 4 is 46.6 Å². The minimum atomic E-state index is -0.206. The van der Waals surface area contributed by atoms with Crippen molar-refractivity contribution in [1.82, 2.24) is 14.8 Å². The van der Waals surface area contributed by atoms with Gasteiger partial charge in [-0.3, -0.25) is 9.59 Å². The van der Waals surface area contributed by atoms with Gasteiger partial charge in [0.25, 0.3) is 0 Å². The molecular formula is C22H24ClN5O3S. The van der Waals surface area contributed by atoms with E-state index in [9.17, 15) is 9.59 Å². The van der Waals surface area contributed by atoms with E-state index in [0.717, 1.165) is 5.56 Å². The number of rotatable bonds is 9. The normalized spacial score (nSPS) is 10.6. The number of anilines is 2. The van der Waals surface area contributed by atoms with Gasteiger partial charge in [0.05, 0.1) is 19.3 Å². The number of benzene rings is 2. The molecule has 8 nitrogen and oxygen atoms in total. The van der Waals surface area contributed by atoms with Crippen molar-refractivity contribution < 1.29 is 14.3 Å². The molecule has 0 atom stereocenters. The van der Waals surface area contributed by atoms with Crippen LogP contribution in [-0.2, 0) is 22.6 Å². The lowest BCUT2D eigenvalue weighted by atomic mass is 10.2. The number of aryl methyl sites for hydroxylation is 1. The molecule has 2 N–H and O–H groups in total. The maximum Gasteiger partial charge on any atom is 0.234 e. The summed E-state index contributed by atoms with van der Waals surface area (Å²) in [6, 6.07) is 12.4. The highest BCUT2D eigenvalue weighted by Crippen LogP contribution is 2.22. The van der Waals surface area contributed by atoms with E-state index in [1.807, 2.05) is 24.5 Å². The van der Waals surface area contributed by atoms with Crippen LogP contribution < -0.4 is 15.4 Å². The molecule has 32 heavy (non-hydrogen) atoms. The quantitative estimate of drug-likeness (QED) is 0.452. The number of hydrogen-bond donors (Lipinski definition) is 2. The molecule has 0 radical (unpaired) electrons. The predicted molar refractivity (Wildman–Crippen MR) is 127 cm³/mol. The number of nitrogens with zero attached hydrogens (tertiary/aromatic N) is 3. The third-order valence-electron chi connectivity index (χ3n) is 4.59. The van der Waals surface area contributed by atoms with Crippen LogP contribution in [-0.4, -0.2) is 39.4 Å². The van der Waals surface area contributed by atoms with Crippen molar-refractivity contribution in [2.45, 2.75) is 32.0 Å². The summed E-state index contributed by atoms with van der Waals surface area (Å²) in [5, 5.41) is 15.1. The van der Waals surface area contributed by atoms with Gasteiger partial charge < -0.3 is 19.9 Å². The molecule has 1 heterocycles. The predicted octanol–water partition coefficient (Wildman–Crippen LogP) is 4.18. The van der Waals surface area contributed by atoms with Crippen LogP contribution in [0.3, 0.4) is 0 Å². The van der Waals surface area contributed by atoms with Crippen LogP contribution in [0.15, 0.2) is 47.6 Å². The second kappa shape index (κ2) is 11.0. The number of amides is 2. The summed E-state index contributed by atoms with van der Waals surface area (Å²) in [7, 11) is 1.59. The summed E-state index contributed by atoms with van der Waals surface area (Å²) in [4.78, 5) is 24.7. The molecule has 3 rings (SSSR count). The van der Waals surface area contributed by atoms with Crippen LogP contribution in [0.5, 0.6) is 5.75 Å². The Labute approximate surface area is 195 Å². The topological polar surface area (TPSA) is 98.1 Å². The van der Waals surface area contributed by atoms with Gasteiger partial charge in [0.2, 0.25) is 11.8 Å².